The Morgan fingerprint density at radius 2 is 2.38 bits per heavy atom. The molecule has 0 unspecified atom stereocenters. The summed E-state index contributed by atoms with van der Waals surface area (Å²) in [5.74, 6) is 1.33. The monoisotopic (exact) mass is 299 g/mol. The summed E-state index contributed by atoms with van der Waals surface area (Å²) < 4.78 is 1.47. The maximum absolute atomic E-state index is 3.36. The van der Waals surface area contributed by atoms with Crippen LogP contribution in [0.4, 0.5) is 0 Å². The van der Waals surface area contributed by atoms with Gasteiger partial charge in [0.15, 0.2) is 0 Å². The summed E-state index contributed by atoms with van der Waals surface area (Å²) in [6.45, 7) is 1.20. The number of rotatable bonds is 0. The van der Waals surface area contributed by atoms with E-state index in [1.54, 1.807) is 19.4 Å². The Balaban J connectivity index is 2.27. The van der Waals surface area contributed by atoms with Crippen molar-refractivity contribution in [1.29, 1.82) is 0 Å². The minimum atomic E-state index is 1.20. The number of nitrogens with one attached hydrogen (secondary N) is 1. The van der Waals surface area contributed by atoms with Crippen molar-refractivity contribution < 1.29 is 19.4 Å². The molecule has 0 aliphatic carbocycles. The van der Waals surface area contributed by atoms with Gasteiger partial charge in [-0.2, -0.15) is 0 Å². The molecule has 0 atom stereocenters. The van der Waals surface area contributed by atoms with E-state index in [2.05, 4.69) is 5.32 Å². The fourth-order valence-corrected chi connectivity index (χ4v) is 2.64. The quantitative estimate of drug-likeness (QED) is 0.708. The van der Waals surface area contributed by atoms with Gasteiger partial charge in [0, 0.05) is 0 Å². The van der Waals surface area contributed by atoms with Crippen molar-refractivity contribution in [2.24, 2.45) is 0 Å². The molecule has 1 heterocycles. The first kappa shape index (κ1) is 6.98. The van der Waals surface area contributed by atoms with E-state index < -0.39 is 0 Å². The van der Waals surface area contributed by atoms with Gasteiger partial charge in [-0.05, 0) is 0 Å². The maximum atomic E-state index is 3.36. The summed E-state index contributed by atoms with van der Waals surface area (Å²) in [4.78, 5) is 0. The molecule has 0 aromatic carbocycles. The van der Waals surface area contributed by atoms with E-state index in [-0.39, 0.29) is 0 Å². The van der Waals surface area contributed by atoms with Gasteiger partial charge >= 0.3 is 64.9 Å². The molecule has 1 rings (SSSR count). The first-order chi connectivity index (χ1) is 3.89. The van der Waals surface area contributed by atoms with Crippen LogP contribution in [0.1, 0.15) is 12.8 Å². The van der Waals surface area contributed by atoms with Crippen LogP contribution in [0, 0.1) is 0 Å². The number of hydrogen-bond donors (Lipinski definition) is 1. The van der Waals surface area contributed by atoms with Crippen molar-refractivity contribution in [1.82, 2.24) is 5.32 Å². The second-order valence-corrected chi connectivity index (χ2v) is 5.37. The summed E-state index contributed by atoms with van der Waals surface area (Å²) in [5.41, 5.74) is 0. The number of hydrogen-bond acceptors (Lipinski definition) is 2. The van der Waals surface area contributed by atoms with Gasteiger partial charge in [-0.3, -0.25) is 0 Å². The third-order valence-electron chi connectivity index (χ3n) is 1.07. The van der Waals surface area contributed by atoms with Crippen LogP contribution in [0.25, 0.3) is 0 Å². The van der Waals surface area contributed by atoms with Crippen molar-refractivity contribution in [3.63, 3.8) is 0 Å². The van der Waals surface area contributed by atoms with Gasteiger partial charge in [0.25, 0.3) is 0 Å². The third kappa shape index (κ3) is 2.43. The van der Waals surface area contributed by atoms with E-state index in [0.717, 1.165) is 0 Å². The molecule has 0 spiro atoms. The van der Waals surface area contributed by atoms with Crippen molar-refractivity contribution in [2.45, 2.75) is 12.8 Å². The molecule has 1 saturated heterocycles. The summed E-state index contributed by atoms with van der Waals surface area (Å²) in [6, 6.07) is 0. The Morgan fingerprint density at radius 1 is 1.50 bits per heavy atom. The molecule has 46 valence electrons. The Bertz CT molecular complexity index is 84.4. The van der Waals surface area contributed by atoms with E-state index in [1.807, 2.05) is 11.8 Å². The number of thioether (sulfide) groups is 1. The van der Waals surface area contributed by atoms with Gasteiger partial charge in [-0.25, -0.2) is 0 Å². The summed E-state index contributed by atoms with van der Waals surface area (Å²) >= 11 is 3.57. The van der Waals surface area contributed by atoms with Gasteiger partial charge in [0.1, 0.15) is 0 Å². The average molecular weight is 299 g/mol. The molecule has 0 bridgehead atoms. The SMILES string of the molecule is [W]=[C]1NCCCCS1. The second-order valence-electron chi connectivity index (χ2n) is 1.77. The molecule has 1 fully saturated rings. The first-order valence-corrected chi connectivity index (χ1v) is 5.25. The first-order valence-electron chi connectivity index (χ1n) is 2.80. The summed E-state index contributed by atoms with van der Waals surface area (Å²) in [6.07, 6.45) is 2.73. The van der Waals surface area contributed by atoms with Crippen molar-refractivity contribution >= 4 is 15.1 Å². The van der Waals surface area contributed by atoms with Crippen LogP contribution in [-0.4, -0.2) is 15.7 Å². The predicted octanol–water partition coefficient (Wildman–Crippen LogP) is 0.737. The molecule has 8 heavy (non-hydrogen) atoms. The topological polar surface area (TPSA) is 12.0 Å². The van der Waals surface area contributed by atoms with Crippen molar-refractivity contribution in [3.05, 3.63) is 0 Å². The molecule has 0 amide bonds. The van der Waals surface area contributed by atoms with Crippen LogP contribution in [0.3, 0.4) is 0 Å². The molecule has 1 aliphatic heterocycles. The van der Waals surface area contributed by atoms with E-state index in [1.165, 1.54) is 28.5 Å². The van der Waals surface area contributed by atoms with Crippen molar-refractivity contribution in [3.8, 4) is 0 Å². The Hall–Kier alpha value is 0.868. The van der Waals surface area contributed by atoms with Gasteiger partial charge in [0.05, 0.1) is 0 Å². The molecule has 0 saturated carbocycles. The second kappa shape index (κ2) is 3.81. The molecule has 1 aliphatic rings. The van der Waals surface area contributed by atoms with Gasteiger partial charge < -0.3 is 0 Å². The third-order valence-corrected chi connectivity index (χ3v) is 3.76. The molecule has 1 nitrogen and oxygen atoms in total. The zero-order chi connectivity index (χ0) is 5.82. The van der Waals surface area contributed by atoms with E-state index in [9.17, 15) is 0 Å². The average Bonchev–Trinajstić information content (AvgIpc) is 1.94. The van der Waals surface area contributed by atoms with Gasteiger partial charge in [-0.15, -0.1) is 0 Å². The molecular weight excluding hydrogens is 290 g/mol. The molecule has 0 aromatic heterocycles. The Labute approximate surface area is 65.0 Å². The van der Waals surface area contributed by atoms with Gasteiger partial charge in [-0.1, -0.05) is 0 Å². The van der Waals surface area contributed by atoms with Crippen LogP contribution in [0.15, 0.2) is 0 Å². The van der Waals surface area contributed by atoms with Crippen LogP contribution in [0.5, 0.6) is 0 Å². The predicted molar refractivity (Wildman–Crippen MR) is 34.7 cm³/mol. The molecular formula is C5H9NSW. The molecule has 0 aromatic rings. The molecule has 1 N–H and O–H groups in total. The zero-order valence-electron chi connectivity index (χ0n) is 4.64. The standard InChI is InChI=1S/C5H9NS.W/c1-2-4-7-5-6-3-1;/h6H,1-4H2;. The Kier molecular flexibility index (Phi) is 3.33. The van der Waals surface area contributed by atoms with Crippen molar-refractivity contribution in [2.75, 3.05) is 12.3 Å². The molecule has 0 radical (unpaired) electrons. The minimum absolute atomic E-state index is 1.20. The Morgan fingerprint density at radius 3 is 3.25 bits per heavy atom. The molecule has 3 heteroatoms. The fraction of sp³-hybridized carbons (Fsp3) is 0.800. The normalized spacial score (nSPS) is 22.8. The van der Waals surface area contributed by atoms with Crippen LogP contribution in [0.2, 0.25) is 0 Å². The van der Waals surface area contributed by atoms with E-state index in [0.29, 0.717) is 0 Å². The zero-order valence-corrected chi connectivity index (χ0v) is 8.39. The van der Waals surface area contributed by atoms with Crippen LogP contribution < -0.4 is 5.32 Å². The van der Waals surface area contributed by atoms with Crippen LogP contribution in [-0.2, 0) is 19.4 Å². The van der Waals surface area contributed by atoms with E-state index in [4.69, 9.17) is 0 Å². The van der Waals surface area contributed by atoms with E-state index >= 15 is 0 Å². The van der Waals surface area contributed by atoms with Crippen LogP contribution >= 0.6 is 11.8 Å². The summed E-state index contributed by atoms with van der Waals surface area (Å²) in [7, 11) is 0. The van der Waals surface area contributed by atoms with Gasteiger partial charge in [0.2, 0.25) is 0 Å². The summed E-state index contributed by atoms with van der Waals surface area (Å²) in [5, 5.41) is 3.36. The fourth-order valence-electron chi connectivity index (χ4n) is 0.633.